The highest BCUT2D eigenvalue weighted by Gasteiger charge is 2.34. The largest absolute Gasteiger partial charge is 0.495 e. The van der Waals surface area contributed by atoms with Gasteiger partial charge >= 0.3 is 0 Å². The van der Waals surface area contributed by atoms with Crippen LogP contribution in [0, 0.1) is 12.7 Å². The van der Waals surface area contributed by atoms with E-state index in [9.17, 15) is 9.18 Å². The number of nitrogens with zero attached hydrogens (tertiary/aromatic N) is 2. The molecule has 3 aromatic carbocycles. The number of carbonyl (C=O) groups is 1. The van der Waals surface area contributed by atoms with E-state index >= 15 is 0 Å². The first-order chi connectivity index (χ1) is 19.9. The Morgan fingerprint density at radius 3 is 2.59 bits per heavy atom. The topological polar surface area (TPSA) is 100 Å². The van der Waals surface area contributed by atoms with Crippen molar-refractivity contribution in [2.75, 3.05) is 33.1 Å². The second kappa shape index (κ2) is 12.3. The lowest BCUT2D eigenvalue weighted by atomic mass is 9.85. The zero-order valence-corrected chi connectivity index (χ0v) is 23.5. The third kappa shape index (κ3) is 6.14. The summed E-state index contributed by atoms with van der Waals surface area (Å²) in [4.78, 5) is 19.6. The first-order valence-corrected chi connectivity index (χ1v) is 13.6. The van der Waals surface area contributed by atoms with Crippen LogP contribution in [0.25, 0.3) is 0 Å². The van der Waals surface area contributed by atoms with Crippen LogP contribution in [0.4, 0.5) is 10.1 Å². The molecule has 2 N–H and O–H groups in total. The van der Waals surface area contributed by atoms with Crippen molar-refractivity contribution < 1.29 is 27.8 Å². The number of methoxy groups -OCH3 is 2. The minimum atomic E-state index is -0.404. The summed E-state index contributed by atoms with van der Waals surface area (Å²) in [7, 11) is 3.20. The van der Waals surface area contributed by atoms with E-state index in [0.29, 0.717) is 55.4 Å². The molecule has 2 heterocycles. The lowest BCUT2D eigenvalue weighted by molar-refractivity contribution is -0.133. The summed E-state index contributed by atoms with van der Waals surface area (Å²) in [6, 6.07) is 13.9. The summed E-state index contributed by atoms with van der Waals surface area (Å²) in [6.45, 7) is 2.78. The molecule has 1 amide bonds. The van der Waals surface area contributed by atoms with Gasteiger partial charge in [-0.05, 0) is 77.6 Å². The van der Waals surface area contributed by atoms with Gasteiger partial charge in [-0.2, -0.15) is 0 Å². The number of nitrogen functional groups attached to an aromatic ring is 1. The lowest BCUT2D eigenvalue weighted by Gasteiger charge is -2.39. The minimum Gasteiger partial charge on any atom is -0.495 e. The molecule has 9 heteroatoms. The molecular formula is C32H34FN3O5. The Kier molecular flexibility index (Phi) is 8.42. The number of fused-ring (bicyclic) bond motifs is 1. The molecule has 214 valence electrons. The van der Waals surface area contributed by atoms with Crippen LogP contribution in [0.15, 0.2) is 65.6 Å². The van der Waals surface area contributed by atoms with E-state index in [-0.39, 0.29) is 18.1 Å². The Bertz CT molecular complexity index is 1520. The van der Waals surface area contributed by atoms with Crippen LogP contribution in [-0.4, -0.2) is 43.2 Å². The third-order valence-corrected chi connectivity index (χ3v) is 7.52. The lowest BCUT2D eigenvalue weighted by Crippen LogP contribution is -2.41. The van der Waals surface area contributed by atoms with Gasteiger partial charge in [-0.25, -0.2) is 9.37 Å². The SMILES string of the molecule is COc1ccc(CCOc2cc3c(cc2OC)CCN(C(=O)CCc2cocn2)C3c2ccc(F)cc2C)cc1N. The van der Waals surface area contributed by atoms with Gasteiger partial charge in [0.2, 0.25) is 5.91 Å². The van der Waals surface area contributed by atoms with Gasteiger partial charge in [-0.15, -0.1) is 0 Å². The molecule has 1 unspecified atom stereocenters. The van der Waals surface area contributed by atoms with Crippen molar-refractivity contribution in [3.05, 3.63) is 101 Å². The molecule has 0 aliphatic carbocycles. The van der Waals surface area contributed by atoms with E-state index in [4.69, 9.17) is 24.4 Å². The maximum absolute atomic E-state index is 14.1. The molecule has 0 saturated carbocycles. The Morgan fingerprint density at radius 1 is 1.05 bits per heavy atom. The van der Waals surface area contributed by atoms with Gasteiger partial charge < -0.3 is 29.3 Å². The summed E-state index contributed by atoms with van der Waals surface area (Å²) in [6.07, 6.45) is 4.95. The number of hydrogen-bond donors (Lipinski definition) is 1. The van der Waals surface area contributed by atoms with Crippen molar-refractivity contribution in [1.29, 1.82) is 0 Å². The number of hydrogen-bond acceptors (Lipinski definition) is 7. The molecule has 1 aliphatic heterocycles. The quantitative estimate of drug-likeness (QED) is 0.258. The third-order valence-electron chi connectivity index (χ3n) is 7.52. The smallest absolute Gasteiger partial charge is 0.223 e. The fourth-order valence-electron chi connectivity index (χ4n) is 5.41. The maximum Gasteiger partial charge on any atom is 0.223 e. The molecule has 0 bridgehead atoms. The fourth-order valence-corrected chi connectivity index (χ4v) is 5.41. The summed E-state index contributed by atoms with van der Waals surface area (Å²) >= 11 is 0. The number of halogens is 1. The average Bonchev–Trinajstić information content (AvgIpc) is 3.49. The molecule has 0 spiro atoms. The molecule has 0 radical (unpaired) electrons. The Morgan fingerprint density at radius 2 is 1.88 bits per heavy atom. The number of anilines is 1. The van der Waals surface area contributed by atoms with E-state index < -0.39 is 6.04 Å². The number of nitrogens with two attached hydrogens (primary N) is 1. The molecular weight excluding hydrogens is 525 g/mol. The van der Waals surface area contributed by atoms with Gasteiger partial charge in [0.15, 0.2) is 17.9 Å². The van der Waals surface area contributed by atoms with Gasteiger partial charge in [-0.3, -0.25) is 4.79 Å². The molecule has 8 nitrogen and oxygen atoms in total. The van der Waals surface area contributed by atoms with E-state index in [2.05, 4.69) is 4.98 Å². The standard InChI is InChI=1S/C32H34FN3O5/c1-20-14-23(33)5-7-25(20)32-26-17-30(41-13-11-21-4-8-28(38-2)27(34)15-21)29(39-3)16-22(26)10-12-36(32)31(37)9-6-24-18-40-19-35-24/h4-5,7-8,14-19,32H,6,9-13,34H2,1-3H3. The summed E-state index contributed by atoms with van der Waals surface area (Å²) < 4.78 is 36.3. The van der Waals surface area contributed by atoms with Crippen LogP contribution in [-0.2, 0) is 24.1 Å². The number of ether oxygens (including phenoxy) is 3. The second-order valence-electron chi connectivity index (χ2n) is 10.1. The maximum atomic E-state index is 14.1. The minimum absolute atomic E-state index is 0.0113. The highest BCUT2D eigenvalue weighted by atomic mass is 19.1. The van der Waals surface area contributed by atoms with Crippen LogP contribution in [0.5, 0.6) is 17.2 Å². The Balaban J connectivity index is 1.44. The monoisotopic (exact) mass is 559 g/mol. The summed E-state index contributed by atoms with van der Waals surface area (Å²) in [5, 5.41) is 0. The number of amides is 1. The molecule has 1 aromatic heterocycles. The number of aryl methyl sites for hydroxylation is 2. The zero-order chi connectivity index (χ0) is 28.9. The molecule has 0 saturated heterocycles. The summed E-state index contributed by atoms with van der Waals surface area (Å²) in [5.41, 5.74) is 12.0. The van der Waals surface area contributed by atoms with Crippen LogP contribution < -0.4 is 19.9 Å². The van der Waals surface area contributed by atoms with Crippen molar-refractivity contribution in [3.63, 3.8) is 0 Å². The van der Waals surface area contributed by atoms with Gasteiger partial charge in [0.25, 0.3) is 0 Å². The van der Waals surface area contributed by atoms with E-state index in [1.807, 2.05) is 42.2 Å². The predicted octanol–water partition coefficient (Wildman–Crippen LogP) is 5.45. The molecule has 41 heavy (non-hydrogen) atoms. The number of oxazole rings is 1. The van der Waals surface area contributed by atoms with E-state index in [0.717, 1.165) is 33.5 Å². The summed E-state index contributed by atoms with van der Waals surface area (Å²) in [5.74, 6) is 1.51. The Hall–Kier alpha value is -4.53. The first kappa shape index (κ1) is 28.0. The van der Waals surface area contributed by atoms with E-state index in [1.165, 1.54) is 18.5 Å². The molecule has 0 fully saturated rings. The highest BCUT2D eigenvalue weighted by Crippen LogP contribution is 2.42. The number of benzene rings is 3. The molecule has 1 atom stereocenters. The van der Waals surface area contributed by atoms with E-state index in [1.54, 1.807) is 26.5 Å². The Labute approximate surface area is 238 Å². The number of aromatic nitrogens is 1. The van der Waals surface area contributed by atoms with Crippen molar-refractivity contribution in [2.45, 2.75) is 38.6 Å². The van der Waals surface area contributed by atoms with Gasteiger partial charge in [0.1, 0.15) is 17.8 Å². The number of carbonyl (C=O) groups excluding carboxylic acids is 1. The van der Waals surface area contributed by atoms with Crippen molar-refractivity contribution in [2.24, 2.45) is 0 Å². The average molecular weight is 560 g/mol. The predicted molar refractivity (Wildman–Crippen MR) is 153 cm³/mol. The van der Waals surface area contributed by atoms with Gasteiger partial charge in [0, 0.05) is 25.8 Å². The van der Waals surface area contributed by atoms with Gasteiger partial charge in [-0.1, -0.05) is 12.1 Å². The van der Waals surface area contributed by atoms with Crippen LogP contribution in [0.2, 0.25) is 0 Å². The second-order valence-corrected chi connectivity index (χ2v) is 10.1. The van der Waals surface area contributed by atoms with Crippen molar-refractivity contribution >= 4 is 11.6 Å². The van der Waals surface area contributed by atoms with Crippen LogP contribution in [0.3, 0.4) is 0 Å². The fraction of sp³-hybridized carbons (Fsp3) is 0.312. The van der Waals surface area contributed by atoms with Gasteiger partial charge in [0.05, 0.1) is 38.2 Å². The molecule has 5 rings (SSSR count). The van der Waals surface area contributed by atoms with Crippen molar-refractivity contribution in [1.82, 2.24) is 9.88 Å². The number of rotatable bonds is 10. The van der Waals surface area contributed by atoms with Crippen molar-refractivity contribution in [3.8, 4) is 17.2 Å². The van der Waals surface area contributed by atoms with Crippen LogP contribution >= 0.6 is 0 Å². The molecule has 4 aromatic rings. The first-order valence-electron chi connectivity index (χ1n) is 13.6. The molecule has 1 aliphatic rings. The highest BCUT2D eigenvalue weighted by molar-refractivity contribution is 5.78. The zero-order valence-electron chi connectivity index (χ0n) is 23.5. The van der Waals surface area contributed by atoms with Crippen LogP contribution in [0.1, 0.15) is 46.0 Å². The normalized spacial score (nSPS) is 14.4.